The van der Waals surface area contributed by atoms with E-state index in [9.17, 15) is 8.42 Å². The summed E-state index contributed by atoms with van der Waals surface area (Å²) in [5, 5.41) is 0.461. The summed E-state index contributed by atoms with van der Waals surface area (Å²) in [6, 6.07) is 10.6. The summed E-state index contributed by atoms with van der Waals surface area (Å²) >= 11 is 6.06. The van der Waals surface area contributed by atoms with Crippen molar-refractivity contribution in [2.75, 3.05) is 25.0 Å². The Balaban J connectivity index is 1.76. The van der Waals surface area contributed by atoms with Crippen molar-refractivity contribution in [3.8, 4) is 0 Å². The second kappa shape index (κ2) is 6.11. The van der Waals surface area contributed by atoms with Gasteiger partial charge < -0.3 is 4.90 Å². The fourth-order valence-electron chi connectivity index (χ4n) is 2.63. The first kappa shape index (κ1) is 16.2. The van der Waals surface area contributed by atoms with Crippen LogP contribution in [0.5, 0.6) is 0 Å². The average molecular weight is 352 g/mol. The average Bonchev–Trinajstić information content (AvgIpc) is 2.49. The highest BCUT2D eigenvalue weighted by atomic mass is 35.5. The van der Waals surface area contributed by atoms with Crippen LogP contribution >= 0.6 is 11.6 Å². The molecule has 3 rings (SSSR count). The fourth-order valence-corrected chi connectivity index (χ4v) is 4.45. The van der Waals surface area contributed by atoms with Crippen LogP contribution in [-0.2, 0) is 10.0 Å². The Bertz CT molecular complexity index is 805. The third kappa shape index (κ3) is 2.94. The van der Waals surface area contributed by atoms with E-state index in [1.165, 1.54) is 4.31 Å². The van der Waals surface area contributed by atoms with Gasteiger partial charge in [-0.3, -0.25) is 0 Å². The van der Waals surface area contributed by atoms with Crippen molar-refractivity contribution in [1.82, 2.24) is 9.29 Å². The monoisotopic (exact) mass is 351 g/mol. The van der Waals surface area contributed by atoms with Crippen LogP contribution in [0.4, 0.5) is 5.82 Å². The summed E-state index contributed by atoms with van der Waals surface area (Å²) in [6.45, 7) is 2.99. The molecule has 0 saturated carbocycles. The van der Waals surface area contributed by atoms with Crippen LogP contribution in [-0.4, -0.2) is 43.9 Å². The zero-order chi connectivity index (χ0) is 16.6. The predicted molar refractivity (Wildman–Crippen MR) is 91.4 cm³/mol. The van der Waals surface area contributed by atoms with Crippen molar-refractivity contribution >= 4 is 27.4 Å². The SMILES string of the molecule is Cc1c(Cl)cccc1S(=O)(=O)N(C)C1CN(c2ccccn2)C1. The van der Waals surface area contributed by atoms with Gasteiger partial charge in [-0.2, -0.15) is 4.31 Å². The smallest absolute Gasteiger partial charge is 0.243 e. The van der Waals surface area contributed by atoms with Crippen LogP contribution in [0.15, 0.2) is 47.5 Å². The minimum Gasteiger partial charge on any atom is -0.353 e. The van der Waals surface area contributed by atoms with Crippen LogP contribution in [0.25, 0.3) is 0 Å². The van der Waals surface area contributed by atoms with E-state index in [2.05, 4.69) is 9.88 Å². The molecule has 0 radical (unpaired) electrons. The molecule has 0 amide bonds. The molecule has 122 valence electrons. The van der Waals surface area contributed by atoms with E-state index < -0.39 is 10.0 Å². The van der Waals surface area contributed by atoms with Gasteiger partial charge in [-0.25, -0.2) is 13.4 Å². The van der Waals surface area contributed by atoms with Crippen molar-refractivity contribution < 1.29 is 8.42 Å². The van der Waals surface area contributed by atoms with E-state index in [1.54, 1.807) is 38.4 Å². The Morgan fingerprint density at radius 2 is 1.96 bits per heavy atom. The summed E-state index contributed by atoms with van der Waals surface area (Å²) in [4.78, 5) is 6.61. The Hall–Kier alpha value is -1.63. The van der Waals surface area contributed by atoms with Crippen molar-refractivity contribution in [1.29, 1.82) is 0 Å². The second-order valence-electron chi connectivity index (χ2n) is 5.63. The minimum absolute atomic E-state index is 0.0691. The van der Waals surface area contributed by atoms with Gasteiger partial charge in [0.1, 0.15) is 5.82 Å². The zero-order valence-electron chi connectivity index (χ0n) is 13.0. The van der Waals surface area contributed by atoms with Crippen LogP contribution in [0.3, 0.4) is 0 Å². The number of halogens is 1. The maximum Gasteiger partial charge on any atom is 0.243 e. The number of sulfonamides is 1. The molecule has 1 aromatic carbocycles. The normalized spacial score (nSPS) is 15.7. The summed E-state index contributed by atoms with van der Waals surface area (Å²) in [6.07, 6.45) is 1.73. The number of hydrogen-bond donors (Lipinski definition) is 0. The van der Waals surface area contributed by atoms with Crippen molar-refractivity contribution in [2.45, 2.75) is 17.9 Å². The summed E-state index contributed by atoms with van der Waals surface area (Å²) in [7, 11) is -1.93. The van der Waals surface area contributed by atoms with E-state index in [1.807, 2.05) is 18.2 Å². The van der Waals surface area contributed by atoms with Gasteiger partial charge in [0, 0.05) is 31.4 Å². The second-order valence-corrected chi connectivity index (χ2v) is 8.00. The molecule has 0 bridgehead atoms. The molecule has 0 unspecified atom stereocenters. The highest BCUT2D eigenvalue weighted by Crippen LogP contribution is 2.29. The summed E-state index contributed by atoms with van der Waals surface area (Å²) in [5.74, 6) is 0.869. The fraction of sp³-hybridized carbons (Fsp3) is 0.312. The molecule has 0 spiro atoms. The third-order valence-electron chi connectivity index (χ3n) is 4.22. The summed E-state index contributed by atoms with van der Waals surface area (Å²) in [5.41, 5.74) is 0.585. The molecule has 23 heavy (non-hydrogen) atoms. The quantitative estimate of drug-likeness (QED) is 0.849. The van der Waals surface area contributed by atoms with Gasteiger partial charge in [0.2, 0.25) is 10.0 Å². The Labute approximate surface area is 141 Å². The standard InChI is InChI=1S/C16H18ClN3O2S/c1-12-14(17)6-5-7-15(12)23(21,22)19(2)13-10-20(11-13)16-8-3-4-9-18-16/h3-9,13H,10-11H2,1-2H3. The lowest BCUT2D eigenvalue weighted by molar-refractivity contribution is 0.309. The predicted octanol–water partition coefficient (Wildman–Crippen LogP) is 2.55. The maximum absolute atomic E-state index is 12.8. The number of hydrogen-bond acceptors (Lipinski definition) is 4. The van der Waals surface area contributed by atoms with Crippen LogP contribution in [0, 0.1) is 6.92 Å². The van der Waals surface area contributed by atoms with Gasteiger partial charge in [-0.05, 0) is 36.8 Å². The van der Waals surface area contributed by atoms with Gasteiger partial charge >= 0.3 is 0 Å². The summed E-state index contributed by atoms with van der Waals surface area (Å²) < 4.78 is 27.1. The molecule has 1 saturated heterocycles. The molecular weight excluding hydrogens is 334 g/mol. The van der Waals surface area contributed by atoms with Gasteiger partial charge in [0.25, 0.3) is 0 Å². The molecule has 5 nitrogen and oxygen atoms in total. The molecule has 1 aliphatic rings. The zero-order valence-corrected chi connectivity index (χ0v) is 14.5. The van der Waals surface area contributed by atoms with E-state index >= 15 is 0 Å². The largest absolute Gasteiger partial charge is 0.353 e. The van der Waals surface area contributed by atoms with E-state index in [0.29, 0.717) is 23.7 Å². The molecule has 2 aromatic rings. The van der Waals surface area contributed by atoms with Crippen LogP contribution in [0.1, 0.15) is 5.56 Å². The first-order chi connectivity index (χ1) is 10.9. The first-order valence-electron chi connectivity index (χ1n) is 7.30. The highest BCUT2D eigenvalue weighted by Gasteiger charge is 2.37. The first-order valence-corrected chi connectivity index (χ1v) is 9.12. The number of benzene rings is 1. The molecule has 7 heteroatoms. The van der Waals surface area contributed by atoms with Gasteiger partial charge in [0.05, 0.1) is 10.9 Å². The minimum atomic E-state index is -3.56. The Morgan fingerprint density at radius 1 is 1.22 bits per heavy atom. The Kier molecular flexibility index (Phi) is 4.31. The number of nitrogens with zero attached hydrogens (tertiary/aromatic N) is 3. The number of rotatable bonds is 4. The highest BCUT2D eigenvalue weighted by molar-refractivity contribution is 7.89. The van der Waals surface area contributed by atoms with Crippen molar-refractivity contribution in [2.24, 2.45) is 0 Å². The lowest BCUT2D eigenvalue weighted by Gasteiger charge is -2.44. The molecule has 0 atom stereocenters. The van der Waals surface area contributed by atoms with Gasteiger partial charge in [-0.15, -0.1) is 0 Å². The van der Waals surface area contributed by atoms with Gasteiger partial charge in [-0.1, -0.05) is 23.7 Å². The maximum atomic E-state index is 12.8. The molecule has 1 fully saturated rings. The van der Waals surface area contributed by atoms with E-state index in [-0.39, 0.29) is 10.9 Å². The molecule has 1 aromatic heterocycles. The van der Waals surface area contributed by atoms with Crippen molar-refractivity contribution in [3.05, 3.63) is 53.2 Å². The number of aromatic nitrogens is 1. The van der Waals surface area contributed by atoms with Gasteiger partial charge in [0.15, 0.2) is 0 Å². The molecule has 0 aliphatic carbocycles. The molecular formula is C16H18ClN3O2S. The number of pyridine rings is 1. The van der Waals surface area contributed by atoms with Crippen LogP contribution < -0.4 is 4.90 Å². The van der Waals surface area contributed by atoms with Crippen LogP contribution in [0.2, 0.25) is 5.02 Å². The lowest BCUT2D eigenvalue weighted by atomic mass is 10.1. The number of anilines is 1. The van der Waals surface area contributed by atoms with Crippen molar-refractivity contribution in [3.63, 3.8) is 0 Å². The number of likely N-dealkylation sites (N-methyl/N-ethyl adjacent to an activating group) is 1. The molecule has 0 N–H and O–H groups in total. The Morgan fingerprint density at radius 3 is 2.61 bits per heavy atom. The lowest BCUT2D eigenvalue weighted by Crippen LogP contribution is -2.60. The van der Waals surface area contributed by atoms with E-state index in [0.717, 1.165) is 5.82 Å². The van der Waals surface area contributed by atoms with E-state index in [4.69, 9.17) is 11.6 Å². The topological polar surface area (TPSA) is 53.5 Å². The third-order valence-corrected chi connectivity index (χ3v) is 6.69. The molecule has 1 aliphatic heterocycles. The molecule has 2 heterocycles.